The summed E-state index contributed by atoms with van der Waals surface area (Å²) in [5, 5.41) is 2.02. The molecule has 0 amide bonds. The van der Waals surface area contributed by atoms with Gasteiger partial charge < -0.3 is 4.74 Å². The molecular weight excluding hydrogens is 134 g/mol. The summed E-state index contributed by atoms with van der Waals surface area (Å²) in [5.41, 5.74) is 2.28. The van der Waals surface area contributed by atoms with Crippen LogP contribution in [-0.4, -0.2) is 11.5 Å². The van der Waals surface area contributed by atoms with Gasteiger partial charge in [0.05, 0.1) is 12.3 Å². The lowest BCUT2D eigenvalue weighted by atomic mass is 10.3. The number of aryl methyl sites for hydroxylation is 1. The Bertz CT molecular complexity index is 185. The number of rotatable bonds is 2. The minimum Gasteiger partial charge on any atom is -0.378 e. The van der Waals surface area contributed by atoms with Crippen molar-refractivity contribution in [3.63, 3.8) is 0 Å². The highest BCUT2D eigenvalue weighted by Crippen LogP contribution is 2.08. The van der Waals surface area contributed by atoms with Crippen molar-refractivity contribution in [3.05, 3.63) is 16.6 Å². The van der Waals surface area contributed by atoms with Gasteiger partial charge in [-0.05, 0) is 24.0 Å². The molecule has 3 heteroatoms. The van der Waals surface area contributed by atoms with Crippen molar-refractivity contribution in [2.24, 2.45) is 0 Å². The zero-order chi connectivity index (χ0) is 6.69. The Kier molecular flexibility index (Phi) is 2.19. The van der Waals surface area contributed by atoms with E-state index in [1.165, 1.54) is 17.1 Å². The Hall–Kier alpha value is -0.410. The van der Waals surface area contributed by atoms with Crippen LogP contribution in [0, 0.1) is 6.92 Å². The minimum absolute atomic E-state index is 0.634. The minimum atomic E-state index is 0.634. The summed E-state index contributed by atoms with van der Waals surface area (Å²) in [5.74, 6) is 0. The van der Waals surface area contributed by atoms with Crippen molar-refractivity contribution in [2.75, 3.05) is 7.11 Å². The maximum atomic E-state index is 4.91. The molecule has 9 heavy (non-hydrogen) atoms. The van der Waals surface area contributed by atoms with Crippen molar-refractivity contribution in [2.45, 2.75) is 13.5 Å². The molecular formula is C6H9NOS. The molecule has 0 atom stereocenters. The van der Waals surface area contributed by atoms with E-state index in [1.807, 2.05) is 12.3 Å². The molecule has 0 saturated heterocycles. The fourth-order valence-corrected chi connectivity index (χ4v) is 1.26. The Morgan fingerprint density at radius 1 is 1.78 bits per heavy atom. The van der Waals surface area contributed by atoms with Crippen LogP contribution in [0.25, 0.3) is 0 Å². The molecule has 0 radical (unpaired) electrons. The molecule has 0 aliphatic rings. The highest BCUT2D eigenvalue weighted by Gasteiger charge is 1.97. The third-order valence-corrected chi connectivity index (χ3v) is 1.91. The second-order valence-electron chi connectivity index (χ2n) is 1.88. The lowest BCUT2D eigenvalue weighted by molar-refractivity contribution is 0.182. The first-order valence-corrected chi connectivity index (χ1v) is 3.57. The van der Waals surface area contributed by atoms with Gasteiger partial charge in [0.25, 0.3) is 0 Å². The second kappa shape index (κ2) is 2.94. The van der Waals surface area contributed by atoms with Crippen LogP contribution in [-0.2, 0) is 11.3 Å². The largest absolute Gasteiger partial charge is 0.378 e. The second-order valence-corrected chi connectivity index (χ2v) is 2.51. The van der Waals surface area contributed by atoms with Gasteiger partial charge in [-0.2, -0.15) is 4.37 Å². The van der Waals surface area contributed by atoms with Gasteiger partial charge >= 0.3 is 0 Å². The topological polar surface area (TPSA) is 22.1 Å². The first-order valence-electron chi connectivity index (χ1n) is 2.73. The number of ether oxygens (including phenoxy) is 1. The van der Waals surface area contributed by atoms with Crippen molar-refractivity contribution in [3.8, 4) is 0 Å². The molecule has 1 heterocycles. The molecule has 0 unspecified atom stereocenters. The first-order chi connectivity index (χ1) is 4.34. The molecule has 1 rings (SSSR count). The molecule has 0 saturated carbocycles. The summed E-state index contributed by atoms with van der Waals surface area (Å²) in [7, 11) is 1.68. The van der Waals surface area contributed by atoms with Crippen molar-refractivity contribution >= 4 is 11.5 Å². The first kappa shape index (κ1) is 6.71. The Morgan fingerprint density at radius 2 is 2.56 bits per heavy atom. The van der Waals surface area contributed by atoms with E-state index in [1.54, 1.807) is 7.11 Å². The highest BCUT2D eigenvalue weighted by atomic mass is 32.1. The molecule has 0 spiro atoms. The lowest BCUT2D eigenvalue weighted by Gasteiger charge is -1.92. The van der Waals surface area contributed by atoms with Gasteiger partial charge in [-0.25, -0.2) is 0 Å². The van der Waals surface area contributed by atoms with Gasteiger partial charge in [0.15, 0.2) is 0 Å². The van der Waals surface area contributed by atoms with Crippen LogP contribution >= 0.6 is 11.5 Å². The van der Waals surface area contributed by atoms with Gasteiger partial charge in [0, 0.05) is 12.5 Å². The smallest absolute Gasteiger partial charge is 0.0897 e. The molecule has 2 nitrogen and oxygen atoms in total. The van der Waals surface area contributed by atoms with Crippen molar-refractivity contribution in [1.29, 1.82) is 0 Å². The standard InChI is InChI=1S/C6H9NOS/c1-5-4-9-7-6(5)3-8-2/h4H,3H2,1-2H3. The van der Waals surface area contributed by atoms with E-state index < -0.39 is 0 Å². The number of nitrogens with zero attached hydrogens (tertiary/aromatic N) is 1. The van der Waals surface area contributed by atoms with E-state index in [9.17, 15) is 0 Å². The molecule has 0 aliphatic carbocycles. The quantitative estimate of drug-likeness (QED) is 0.627. The number of aromatic nitrogens is 1. The SMILES string of the molecule is COCc1nscc1C. The van der Waals surface area contributed by atoms with E-state index in [4.69, 9.17) is 4.74 Å². The Balaban J connectivity index is 2.69. The number of hydrogen-bond donors (Lipinski definition) is 0. The Labute approximate surface area is 58.6 Å². The lowest BCUT2D eigenvalue weighted by Crippen LogP contribution is -1.88. The molecule has 1 aromatic rings. The van der Waals surface area contributed by atoms with Crippen LogP contribution in [0.5, 0.6) is 0 Å². The van der Waals surface area contributed by atoms with Gasteiger partial charge in [-0.1, -0.05) is 0 Å². The summed E-state index contributed by atoms with van der Waals surface area (Å²) in [6, 6.07) is 0. The molecule has 0 aliphatic heterocycles. The summed E-state index contributed by atoms with van der Waals surface area (Å²) < 4.78 is 9.03. The highest BCUT2D eigenvalue weighted by molar-refractivity contribution is 7.03. The average Bonchev–Trinajstić information content (AvgIpc) is 2.18. The molecule has 0 bridgehead atoms. The van der Waals surface area contributed by atoms with Crippen LogP contribution in [0.2, 0.25) is 0 Å². The third kappa shape index (κ3) is 1.50. The Morgan fingerprint density at radius 3 is 3.00 bits per heavy atom. The maximum absolute atomic E-state index is 4.91. The summed E-state index contributed by atoms with van der Waals surface area (Å²) in [6.45, 7) is 2.67. The average molecular weight is 143 g/mol. The predicted molar refractivity (Wildman–Crippen MR) is 37.6 cm³/mol. The summed E-state index contributed by atoms with van der Waals surface area (Å²) in [4.78, 5) is 0. The molecule has 1 aromatic heterocycles. The van der Waals surface area contributed by atoms with Crippen LogP contribution < -0.4 is 0 Å². The normalized spacial score (nSPS) is 10.0. The van der Waals surface area contributed by atoms with Gasteiger partial charge in [0.1, 0.15) is 0 Å². The number of hydrogen-bond acceptors (Lipinski definition) is 3. The molecule has 50 valence electrons. The van der Waals surface area contributed by atoms with E-state index >= 15 is 0 Å². The van der Waals surface area contributed by atoms with Crippen LogP contribution in [0.1, 0.15) is 11.3 Å². The number of methoxy groups -OCH3 is 1. The fourth-order valence-electron chi connectivity index (χ4n) is 0.586. The fraction of sp³-hybridized carbons (Fsp3) is 0.500. The maximum Gasteiger partial charge on any atom is 0.0897 e. The van der Waals surface area contributed by atoms with Crippen molar-refractivity contribution < 1.29 is 4.74 Å². The predicted octanol–water partition coefficient (Wildman–Crippen LogP) is 1.60. The zero-order valence-electron chi connectivity index (χ0n) is 5.55. The van der Waals surface area contributed by atoms with E-state index in [2.05, 4.69) is 4.37 Å². The van der Waals surface area contributed by atoms with E-state index in [0.717, 1.165) is 5.69 Å². The monoisotopic (exact) mass is 143 g/mol. The zero-order valence-corrected chi connectivity index (χ0v) is 6.36. The third-order valence-electron chi connectivity index (χ3n) is 1.13. The van der Waals surface area contributed by atoms with Gasteiger partial charge in [-0.15, -0.1) is 0 Å². The van der Waals surface area contributed by atoms with Crippen LogP contribution in [0.3, 0.4) is 0 Å². The molecule has 0 N–H and O–H groups in total. The molecule has 0 aromatic carbocycles. The molecule has 0 fully saturated rings. The van der Waals surface area contributed by atoms with Crippen LogP contribution in [0.4, 0.5) is 0 Å². The van der Waals surface area contributed by atoms with Crippen LogP contribution in [0.15, 0.2) is 5.38 Å². The summed E-state index contributed by atoms with van der Waals surface area (Å²) in [6.07, 6.45) is 0. The van der Waals surface area contributed by atoms with Crippen molar-refractivity contribution in [1.82, 2.24) is 4.37 Å². The van der Waals surface area contributed by atoms with E-state index in [0.29, 0.717) is 6.61 Å². The summed E-state index contributed by atoms with van der Waals surface area (Å²) >= 11 is 1.48. The van der Waals surface area contributed by atoms with Gasteiger partial charge in [0.2, 0.25) is 0 Å². The van der Waals surface area contributed by atoms with E-state index in [-0.39, 0.29) is 0 Å². The van der Waals surface area contributed by atoms with Gasteiger partial charge in [-0.3, -0.25) is 0 Å².